The molecule has 0 radical (unpaired) electrons. The van der Waals surface area contributed by atoms with E-state index in [0.717, 1.165) is 22.6 Å². The molecule has 196 valence electrons. The molecule has 2 atom stereocenters. The largest absolute Gasteiger partial charge is 0.457 e. The molecule has 0 saturated heterocycles. The van der Waals surface area contributed by atoms with Gasteiger partial charge in [0.2, 0.25) is 0 Å². The Kier molecular flexibility index (Phi) is 5.15. The Morgan fingerprint density at radius 2 is 0.805 bits per heavy atom. The summed E-state index contributed by atoms with van der Waals surface area (Å²) in [5.41, 5.74) is 6.72. The minimum atomic E-state index is -0.341. The highest BCUT2D eigenvalue weighted by Gasteiger charge is 2.37. The Bertz CT molecular complexity index is 1870. The van der Waals surface area contributed by atoms with Gasteiger partial charge in [0.1, 0.15) is 11.5 Å². The SMILES string of the molecule is CC1(c2ccccc2)C=C(OC2=CC(C)(c3ccccc3)c3cccc4cccc2c34)c2cccc3cccc1c23. The fraction of sp³-hybridized carbons (Fsp3) is 0.100. The smallest absolute Gasteiger partial charge is 0.132 e. The third-order valence-electron chi connectivity index (χ3n) is 9.27. The summed E-state index contributed by atoms with van der Waals surface area (Å²) in [7, 11) is 0. The molecule has 0 aromatic heterocycles. The Morgan fingerprint density at radius 3 is 1.22 bits per heavy atom. The minimum absolute atomic E-state index is 0.341. The number of hydrogen-bond acceptors (Lipinski definition) is 1. The summed E-state index contributed by atoms with van der Waals surface area (Å²) in [4.78, 5) is 0. The van der Waals surface area contributed by atoms with Gasteiger partial charge < -0.3 is 4.74 Å². The highest BCUT2D eigenvalue weighted by molar-refractivity contribution is 6.02. The van der Waals surface area contributed by atoms with Gasteiger partial charge in [-0.25, -0.2) is 0 Å². The molecule has 0 bridgehead atoms. The van der Waals surface area contributed by atoms with Crippen LogP contribution in [0.5, 0.6) is 0 Å². The summed E-state index contributed by atoms with van der Waals surface area (Å²) in [5.74, 6) is 1.80. The van der Waals surface area contributed by atoms with Gasteiger partial charge in [-0.2, -0.15) is 0 Å². The summed E-state index contributed by atoms with van der Waals surface area (Å²) in [6.45, 7) is 4.63. The van der Waals surface area contributed by atoms with Gasteiger partial charge in [0, 0.05) is 22.0 Å². The van der Waals surface area contributed by atoms with Crippen molar-refractivity contribution in [3.63, 3.8) is 0 Å². The third kappa shape index (κ3) is 3.49. The lowest BCUT2D eigenvalue weighted by Gasteiger charge is -2.37. The molecular formula is C40H30O. The standard InChI is InChI=1S/C40H30O/c1-39(29-17-5-3-6-18-29)25-35(31-21-9-13-27-15-11-23-33(39)37(27)31)41-36-26-40(2,30-19-7-4-8-20-30)34-24-12-16-28-14-10-22-32(36)38(28)34/h3-26H,1-2H3. The van der Waals surface area contributed by atoms with Crippen molar-refractivity contribution in [3.8, 4) is 0 Å². The third-order valence-corrected chi connectivity index (χ3v) is 9.27. The summed E-state index contributed by atoms with van der Waals surface area (Å²) in [6, 6.07) is 48.0. The molecule has 0 N–H and O–H groups in total. The predicted molar refractivity (Wildman–Crippen MR) is 171 cm³/mol. The van der Waals surface area contributed by atoms with E-state index < -0.39 is 0 Å². The van der Waals surface area contributed by atoms with Crippen LogP contribution in [0.3, 0.4) is 0 Å². The molecule has 0 amide bonds. The first-order valence-electron chi connectivity index (χ1n) is 14.4. The van der Waals surface area contributed by atoms with E-state index in [-0.39, 0.29) is 10.8 Å². The van der Waals surface area contributed by atoms with Crippen LogP contribution in [0.15, 0.2) is 146 Å². The van der Waals surface area contributed by atoms with E-state index in [2.05, 4.69) is 159 Å². The van der Waals surface area contributed by atoms with Gasteiger partial charge in [-0.1, -0.05) is 133 Å². The Morgan fingerprint density at radius 1 is 0.415 bits per heavy atom. The molecule has 6 aromatic rings. The molecule has 0 fully saturated rings. The molecule has 41 heavy (non-hydrogen) atoms. The Balaban J connectivity index is 1.38. The number of ether oxygens (including phenoxy) is 1. The second-order valence-corrected chi connectivity index (χ2v) is 11.7. The highest BCUT2D eigenvalue weighted by atomic mass is 16.5. The molecule has 8 rings (SSSR count). The van der Waals surface area contributed by atoms with Gasteiger partial charge >= 0.3 is 0 Å². The zero-order chi connectivity index (χ0) is 27.6. The first kappa shape index (κ1) is 24.0. The summed E-state index contributed by atoms with van der Waals surface area (Å²) in [5, 5.41) is 4.99. The van der Waals surface area contributed by atoms with Crippen LogP contribution >= 0.6 is 0 Å². The zero-order valence-electron chi connectivity index (χ0n) is 23.3. The van der Waals surface area contributed by atoms with Crippen molar-refractivity contribution < 1.29 is 4.74 Å². The van der Waals surface area contributed by atoms with Crippen LogP contribution in [0, 0.1) is 0 Å². The fourth-order valence-electron chi connectivity index (χ4n) is 7.13. The minimum Gasteiger partial charge on any atom is -0.457 e. The van der Waals surface area contributed by atoms with Gasteiger partial charge in [-0.3, -0.25) is 0 Å². The molecular weight excluding hydrogens is 496 g/mol. The molecule has 0 spiro atoms. The maximum Gasteiger partial charge on any atom is 0.132 e. The highest BCUT2D eigenvalue weighted by Crippen LogP contribution is 2.50. The van der Waals surface area contributed by atoms with Gasteiger partial charge in [-0.05, 0) is 69.8 Å². The van der Waals surface area contributed by atoms with Gasteiger partial charge in [0.15, 0.2) is 0 Å². The predicted octanol–water partition coefficient (Wildman–Crippen LogP) is 10.0. The van der Waals surface area contributed by atoms with Gasteiger partial charge in [0.05, 0.1) is 0 Å². The second-order valence-electron chi connectivity index (χ2n) is 11.7. The fourth-order valence-corrected chi connectivity index (χ4v) is 7.13. The molecule has 1 nitrogen and oxygen atoms in total. The molecule has 6 aromatic carbocycles. The number of hydrogen-bond donors (Lipinski definition) is 0. The van der Waals surface area contributed by atoms with Crippen LogP contribution in [0.4, 0.5) is 0 Å². The van der Waals surface area contributed by atoms with Crippen LogP contribution in [0.1, 0.15) is 47.2 Å². The molecule has 0 saturated carbocycles. The van der Waals surface area contributed by atoms with E-state index in [9.17, 15) is 0 Å². The van der Waals surface area contributed by atoms with E-state index in [1.165, 1.54) is 43.8 Å². The van der Waals surface area contributed by atoms with Crippen molar-refractivity contribution >= 4 is 33.1 Å². The van der Waals surface area contributed by atoms with E-state index >= 15 is 0 Å². The average Bonchev–Trinajstić information content (AvgIpc) is 3.03. The topological polar surface area (TPSA) is 9.23 Å². The first-order valence-corrected chi connectivity index (χ1v) is 14.4. The van der Waals surface area contributed by atoms with E-state index in [0.29, 0.717) is 0 Å². The van der Waals surface area contributed by atoms with Crippen LogP contribution in [-0.4, -0.2) is 0 Å². The molecule has 2 unspecified atom stereocenters. The first-order chi connectivity index (χ1) is 20.1. The normalized spacial score (nSPS) is 20.9. The lowest BCUT2D eigenvalue weighted by Crippen LogP contribution is -2.26. The van der Waals surface area contributed by atoms with Crippen LogP contribution in [-0.2, 0) is 15.6 Å². The molecule has 0 heterocycles. The van der Waals surface area contributed by atoms with Crippen molar-refractivity contribution in [3.05, 3.63) is 179 Å². The maximum atomic E-state index is 7.18. The molecule has 0 aliphatic heterocycles. The van der Waals surface area contributed by atoms with E-state index in [1.54, 1.807) is 0 Å². The quantitative estimate of drug-likeness (QED) is 0.222. The van der Waals surface area contributed by atoms with E-state index in [1.807, 2.05) is 0 Å². The van der Waals surface area contributed by atoms with Crippen molar-refractivity contribution in [1.82, 2.24) is 0 Å². The average molecular weight is 527 g/mol. The van der Waals surface area contributed by atoms with Gasteiger partial charge in [0.25, 0.3) is 0 Å². The second kappa shape index (κ2) is 8.81. The maximum absolute atomic E-state index is 7.18. The van der Waals surface area contributed by atoms with Crippen molar-refractivity contribution in [2.45, 2.75) is 24.7 Å². The lowest BCUT2D eigenvalue weighted by atomic mass is 9.70. The lowest BCUT2D eigenvalue weighted by molar-refractivity contribution is 0.456. The molecule has 2 aliphatic carbocycles. The number of allylic oxidation sites excluding steroid dienone is 2. The monoisotopic (exact) mass is 526 g/mol. The zero-order valence-corrected chi connectivity index (χ0v) is 23.3. The van der Waals surface area contributed by atoms with Crippen molar-refractivity contribution in [2.75, 3.05) is 0 Å². The van der Waals surface area contributed by atoms with Gasteiger partial charge in [-0.15, -0.1) is 0 Å². The van der Waals surface area contributed by atoms with E-state index in [4.69, 9.17) is 4.74 Å². The van der Waals surface area contributed by atoms with Crippen LogP contribution < -0.4 is 0 Å². The molecule has 2 aliphatic rings. The van der Waals surface area contributed by atoms with Crippen molar-refractivity contribution in [2.24, 2.45) is 0 Å². The Labute approximate surface area is 241 Å². The van der Waals surface area contributed by atoms with Crippen LogP contribution in [0.25, 0.3) is 33.1 Å². The number of benzene rings is 6. The number of rotatable bonds is 4. The van der Waals surface area contributed by atoms with Crippen LogP contribution in [0.2, 0.25) is 0 Å². The summed E-state index contributed by atoms with van der Waals surface area (Å²) >= 11 is 0. The summed E-state index contributed by atoms with van der Waals surface area (Å²) < 4.78 is 7.18. The molecule has 1 heteroatoms. The summed E-state index contributed by atoms with van der Waals surface area (Å²) in [6.07, 6.45) is 4.67. The van der Waals surface area contributed by atoms with Crippen molar-refractivity contribution in [1.29, 1.82) is 0 Å². The Hall–Kier alpha value is -4.88.